The SMILES string of the molecule is COC(=O)CC(=O)ON1CCCCC1. The van der Waals surface area contributed by atoms with Gasteiger partial charge in [0.1, 0.15) is 6.42 Å². The molecule has 5 nitrogen and oxygen atoms in total. The van der Waals surface area contributed by atoms with Crippen LogP contribution in [0.5, 0.6) is 0 Å². The van der Waals surface area contributed by atoms with E-state index in [4.69, 9.17) is 4.84 Å². The molecule has 0 spiro atoms. The van der Waals surface area contributed by atoms with E-state index in [0.717, 1.165) is 25.9 Å². The molecule has 0 unspecified atom stereocenters. The maximum absolute atomic E-state index is 11.1. The van der Waals surface area contributed by atoms with Crippen molar-refractivity contribution in [2.24, 2.45) is 0 Å². The third-order valence-electron chi connectivity index (χ3n) is 2.06. The van der Waals surface area contributed by atoms with Gasteiger partial charge in [0.2, 0.25) is 0 Å². The molecule has 5 heteroatoms. The predicted octanol–water partition coefficient (Wildman–Crippen LogP) is 0.494. The first-order chi connectivity index (χ1) is 6.72. The largest absolute Gasteiger partial charge is 0.469 e. The summed E-state index contributed by atoms with van der Waals surface area (Å²) in [5.74, 6) is -1.11. The summed E-state index contributed by atoms with van der Waals surface area (Å²) in [5.41, 5.74) is 0. The van der Waals surface area contributed by atoms with Crippen molar-refractivity contribution >= 4 is 11.9 Å². The average Bonchev–Trinajstić information content (AvgIpc) is 2.19. The van der Waals surface area contributed by atoms with Gasteiger partial charge in [-0.3, -0.25) is 4.79 Å². The van der Waals surface area contributed by atoms with E-state index in [9.17, 15) is 9.59 Å². The van der Waals surface area contributed by atoms with Crippen molar-refractivity contribution in [3.05, 3.63) is 0 Å². The van der Waals surface area contributed by atoms with Gasteiger partial charge in [0, 0.05) is 13.1 Å². The molecule has 0 atom stereocenters. The monoisotopic (exact) mass is 201 g/mol. The fourth-order valence-corrected chi connectivity index (χ4v) is 1.32. The lowest BCUT2D eigenvalue weighted by atomic mass is 10.2. The van der Waals surface area contributed by atoms with Crippen LogP contribution in [0, 0.1) is 0 Å². The minimum absolute atomic E-state index is 0.312. The quantitative estimate of drug-likeness (QED) is 0.491. The standard InChI is InChI=1S/C9H15NO4/c1-13-8(11)7-9(12)14-10-5-3-2-4-6-10/h2-7H2,1H3. The second-order valence-corrected chi connectivity index (χ2v) is 3.21. The zero-order valence-corrected chi connectivity index (χ0v) is 8.32. The van der Waals surface area contributed by atoms with E-state index in [-0.39, 0.29) is 6.42 Å². The van der Waals surface area contributed by atoms with Gasteiger partial charge < -0.3 is 9.57 Å². The average molecular weight is 201 g/mol. The van der Waals surface area contributed by atoms with Crippen molar-refractivity contribution in [3.8, 4) is 0 Å². The Morgan fingerprint density at radius 2 is 1.79 bits per heavy atom. The number of piperidine rings is 1. The number of methoxy groups -OCH3 is 1. The van der Waals surface area contributed by atoms with Crippen LogP contribution in [0.4, 0.5) is 0 Å². The van der Waals surface area contributed by atoms with Crippen molar-refractivity contribution in [3.63, 3.8) is 0 Å². The number of carbonyl (C=O) groups excluding carboxylic acids is 2. The number of hydrogen-bond acceptors (Lipinski definition) is 5. The molecule has 0 aromatic heterocycles. The smallest absolute Gasteiger partial charge is 0.336 e. The van der Waals surface area contributed by atoms with E-state index in [2.05, 4.69) is 4.74 Å². The van der Waals surface area contributed by atoms with Crippen molar-refractivity contribution in [2.75, 3.05) is 20.2 Å². The minimum atomic E-state index is -0.563. The van der Waals surface area contributed by atoms with Crippen LogP contribution in [0.1, 0.15) is 25.7 Å². The van der Waals surface area contributed by atoms with Crippen LogP contribution in [0.25, 0.3) is 0 Å². The van der Waals surface area contributed by atoms with E-state index in [0.29, 0.717) is 0 Å². The van der Waals surface area contributed by atoms with Crippen LogP contribution >= 0.6 is 0 Å². The lowest BCUT2D eigenvalue weighted by Crippen LogP contribution is -2.33. The number of ether oxygens (including phenoxy) is 1. The summed E-state index contributed by atoms with van der Waals surface area (Å²) in [5, 5.41) is 1.61. The summed E-state index contributed by atoms with van der Waals surface area (Å²) in [6, 6.07) is 0. The van der Waals surface area contributed by atoms with E-state index in [1.165, 1.54) is 13.5 Å². The van der Waals surface area contributed by atoms with E-state index >= 15 is 0 Å². The third-order valence-corrected chi connectivity index (χ3v) is 2.06. The van der Waals surface area contributed by atoms with Crippen molar-refractivity contribution in [2.45, 2.75) is 25.7 Å². The Balaban J connectivity index is 2.21. The highest BCUT2D eigenvalue weighted by molar-refractivity contribution is 5.90. The van der Waals surface area contributed by atoms with Crippen LogP contribution in [0.15, 0.2) is 0 Å². The number of nitrogens with zero attached hydrogens (tertiary/aromatic N) is 1. The Hall–Kier alpha value is -1.10. The summed E-state index contributed by atoms with van der Waals surface area (Å²) in [6.45, 7) is 1.51. The first-order valence-electron chi connectivity index (χ1n) is 4.75. The number of hydrogen-bond donors (Lipinski definition) is 0. The summed E-state index contributed by atoms with van der Waals surface area (Å²) in [4.78, 5) is 26.8. The highest BCUT2D eigenvalue weighted by atomic mass is 16.7. The summed E-state index contributed by atoms with van der Waals surface area (Å²) >= 11 is 0. The molecule has 1 rings (SSSR count). The first-order valence-corrected chi connectivity index (χ1v) is 4.75. The Labute approximate surface area is 82.9 Å². The van der Waals surface area contributed by atoms with Gasteiger partial charge in [-0.2, -0.15) is 0 Å². The highest BCUT2D eigenvalue weighted by Gasteiger charge is 2.17. The normalized spacial score (nSPS) is 17.5. The Bertz CT molecular complexity index is 211. The molecule has 0 radical (unpaired) electrons. The zero-order valence-electron chi connectivity index (χ0n) is 8.32. The van der Waals surface area contributed by atoms with Gasteiger partial charge in [-0.25, -0.2) is 4.79 Å². The fourth-order valence-electron chi connectivity index (χ4n) is 1.32. The molecular formula is C9H15NO4. The molecule has 0 aromatic rings. The highest BCUT2D eigenvalue weighted by Crippen LogP contribution is 2.09. The van der Waals surface area contributed by atoms with Gasteiger partial charge in [-0.15, -0.1) is 5.06 Å². The lowest BCUT2D eigenvalue weighted by Gasteiger charge is -2.24. The molecule has 1 saturated heterocycles. The Morgan fingerprint density at radius 3 is 2.36 bits per heavy atom. The molecule has 80 valence electrons. The number of carbonyl (C=O) groups is 2. The van der Waals surface area contributed by atoms with Crippen LogP contribution in [-0.4, -0.2) is 37.2 Å². The predicted molar refractivity (Wildman–Crippen MR) is 48.1 cm³/mol. The Kier molecular flexibility index (Phi) is 4.39. The maximum atomic E-state index is 11.1. The number of rotatable bonds is 3. The second-order valence-electron chi connectivity index (χ2n) is 3.21. The van der Waals surface area contributed by atoms with Gasteiger partial charge in [0.25, 0.3) is 0 Å². The Morgan fingerprint density at radius 1 is 1.14 bits per heavy atom. The molecular weight excluding hydrogens is 186 g/mol. The maximum Gasteiger partial charge on any atom is 0.336 e. The summed E-state index contributed by atoms with van der Waals surface area (Å²) in [7, 11) is 1.25. The molecule has 1 aliphatic heterocycles. The zero-order chi connectivity index (χ0) is 10.4. The number of esters is 1. The molecule has 0 saturated carbocycles. The lowest BCUT2D eigenvalue weighted by molar-refractivity contribution is -0.195. The van der Waals surface area contributed by atoms with Crippen LogP contribution < -0.4 is 0 Å². The van der Waals surface area contributed by atoms with Crippen LogP contribution in [0.3, 0.4) is 0 Å². The van der Waals surface area contributed by atoms with Gasteiger partial charge in [0.15, 0.2) is 0 Å². The second kappa shape index (κ2) is 5.59. The van der Waals surface area contributed by atoms with Gasteiger partial charge in [-0.05, 0) is 12.8 Å². The van der Waals surface area contributed by atoms with Gasteiger partial charge in [-0.1, -0.05) is 6.42 Å². The fraction of sp³-hybridized carbons (Fsp3) is 0.778. The molecule has 0 N–H and O–H groups in total. The van der Waals surface area contributed by atoms with Crippen molar-refractivity contribution in [1.82, 2.24) is 5.06 Å². The summed E-state index contributed by atoms with van der Waals surface area (Å²) < 4.78 is 4.35. The van der Waals surface area contributed by atoms with Crippen molar-refractivity contribution < 1.29 is 19.2 Å². The van der Waals surface area contributed by atoms with E-state index < -0.39 is 11.9 Å². The van der Waals surface area contributed by atoms with Crippen LogP contribution in [-0.2, 0) is 19.2 Å². The molecule has 14 heavy (non-hydrogen) atoms. The molecule has 0 aromatic carbocycles. The topological polar surface area (TPSA) is 55.8 Å². The molecule has 1 fully saturated rings. The van der Waals surface area contributed by atoms with Gasteiger partial charge in [0.05, 0.1) is 7.11 Å². The van der Waals surface area contributed by atoms with Gasteiger partial charge >= 0.3 is 11.9 Å². The summed E-state index contributed by atoms with van der Waals surface area (Å²) in [6.07, 6.45) is 2.93. The van der Waals surface area contributed by atoms with Crippen molar-refractivity contribution in [1.29, 1.82) is 0 Å². The van der Waals surface area contributed by atoms with E-state index in [1.54, 1.807) is 5.06 Å². The molecule has 0 amide bonds. The molecule has 1 heterocycles. The minimum Gasteiger partial charge on any atom is -0.469 e. The molecule has 1 aliphatic rings. The van der Waals surface area contributed by atoms with Crippen LogP contribution in [0.2, 0.25) is 0 Å². The third kappa shape index (κ3) is 3.74. The van der Waals surface area contributed by atoms with E-state index in [1.807, 2.05) is 0 Å². The molecule has 0 aliphatic carbocycles. The number of hydroxylamine groups is 2. The molecule has 0 bridgehead atoms. The first kappa shape index (κ1) is 11.0.